The molecule has 0 aliphatic rings. The molecule has 0 aromatic rings. The topological polar surface area (TPSA) is 43.4 Å². The maximum atomic E-state index is 10.9. The van der Waals surface area contributed by atoms with E-state index in [0.717, 1.165) is 0 Å². The van der Waals surface area contributed by atoms with E-state index in [1.807, 2.05) is 0 Å². The molecule has 3 heteroatoms. The first kappa shape index (κ1) is 10.6. The fourth-order valence-electron chi connectivity index (χ4n) is 0.632. The van der Waals surface area contributed by atoms with Crippen LogP contribution in [-0.4, -0.2) is 18.9 Å². The minimum atomic E-state index is -0.597. The van der Waals surface area contributed by atoms with Crippen LogP contribution >= 0.6 is 0 Å². The summed E-state index contributed by atoms with van der Waals surface area (Å²) in [5.74, 6) is -0.888. The molecule has 12 heavy (non-hydrogen) atoms. The van der Waals surface area contributed by atoms with Crippen molar-refractivity contribution >= 4 is 11.8 Å². The minimum Gasteiger partial charge on any atom is -0.465 e. The normalized spacial score (nSPS) is 11.8. The van der Waals surface area contributed by atoms with Gasteiger partial charge in [0.05, 0.1) is 7.11 Å². The van der Waals surface area contributed by atoms with Crippen molar-refractivity contribution in [1.82, 2.24) is 0 Å². The van der Waals surface area contributed by atoms with Gasteiger partial charge in [-0.3, -0.25) is 4.79 Å². The fourth-order valence-corrected chi connectivity index (χ4v) is 0.632. The second kappa shape index (κ2) is 5.29. The van der Waals surface area contributed by atoms with E-state index in [0.29, 0.717) is 0 Å². The number of hydrogen-bond donors (Lipinski definition) is 0. The minimum absolute atomic E-state index is 0.0654. The summed E-state index contributed by atoms with van der Waals surface area (Å²) in [6, 6.07) is 0. The van der Waals surface area contributed by atoms with Crippen LogP contribution in [0.2, 0.25) is 0 Å². The number of ether oxygens (including phenoxy) is 1. The number of Topliss-reactive ketones (excluding diaryl/α,β-unsaturated/α-hetero) is 1. The summed E-state index contributed by atoms with van der Waals surface area (Å²) in [4.78, 5) is 21.8. The highest BCUT2D eigenvalue weighted by molar-refractivity contribution is 6.16. The zero-order valence-electron chi connectivity index (χ0n) is 7.46. The Morgan fingerprint density at radius 1 is 1.33 bits per heavy atom. The highest BCUT2D eigenvalue weighted by Crippen LogP contribution is 1.99. The molecule has 0 unspecified atom stereocenters. The number of carbonyl (C=O) groups excluding carboxylic acids is 2. The van der Waals surface area contributed by atoms with E-state index in [9.17, 15) is 9.59 Å². The number of allylic oxidation sites excluding steroid dienone is 3. The van der Waals surface area contributed by atoms with Gasteiger partial charge in [0.15, 0.2) is 5.78 Å². The maximum Gasteiger partial charge on any atom is 0.341 e. The predicted molar refractivity (Wildman–Crippen MR) is 45.6 cm³/mol. The lowest BCUT2D eigenvalue weighted by Crippen LogP contribution is -2.11. The first-order chi connectivity index (χ1) is 5.63. The molecule has 0 aliphatic heterocycles. The predicted octanol–water partition coefficient (Wildman–Crippen LogP) is 1.25. The number of esters is 1. The average molecular weight is 168 g/mol. The van der Waals surface area contributed by atoms with Gasteiger partial charge in [-0.2, -0.15) is 0 Å². The van der Waals surface area contributed by atoms with E-state index < -0.39 is 5.97 Å². The van der Waals surface area contributed by atoms with Crippen LogP contribution in [0.5, 0.6) is 0 Å². The van der Waals surface area contributed by atoms with E-state index in [2.05, 4.69) is 4.74 Å². The molecule has 0 aromatic heterocycles. The molecule has 0 aromatic carbocycles. The average Bonchev–Trinajstić information content (AvgIpc) is 2.04. The molecule has 0 fully saturated rings. The standard InChI is InChI=1S/C9H12O3/c1-4-5-6-8(7(2)10)9(11)12-3/h4-6H,1-3H3/b5-4+,8-6-. The van der Waals surface area contributed by atoms with Crippen molar-refractivity contribution in [2.75, 3.05) is 7.11 Å². The van der Waals surface area contributed by atoms with Gasteiger partial charge >= 0.3 is 5.97 Å². The lowest BCUT2D eigenvalue weighted by molar-refractivity contribution is -0.137. The summed E-state index contributed by atoms with van der Waals surface area (Å²) in [6.45, 7) is 3.12. The lowest BCUT2D eigenvalue weighted by Gasteiger charge is -1.98. The Hall–Kier alpha value is -1.38. The largest absolute Gasteiger partial charge is 0.465 e. The number of carbonyl (C=O) groups is 2. The zero-order valence-corrected chi connectivity index (χ0v) is 7.46. The van der Waals surface area contributed by atoms with Gasteiger partial charge in [0.25, 0.3) is 0 Å². The number of ketones is 1. The van der Waals surface area contributed by atoms with Crippen LogP contribution in [0, 0.1) is 0 Å². The highest BCUT2D eigenvalue weighted by Gasteiger charge is 2.12. The smallest absolute Gasteiger partial charge is 0.341 e. The van der Waals surface area contributed by atoms with Crippen LogP contribution in [0.15, 0.2) is 23.8 Å². The quantitative estimate of drug-likeness (QED) is 0.209. The van der Waals surface area contributed by atoms with Crippen molar-refractivity contribution in [2.24, 2.45) is 0 Å². The molecule has 0 spiro atoms. The van der Waals surface area contributed by atoms with Crippen LogP contribution in [0.4, 0.5) is 0 Å². The van der Waals surface area contributed by atoms with E-state index in [1.54, 1.807) is 19.1 Å². The molecule has 66 valence electrons. The summed E-state index contributed by atoms with van der Waals surface area (Å²) in [5.41, 5.74) is 0.0654. The second-order valence-corrected chi connectivity index (χ2v) is 2.15. The third kappa shape index (κ3) is 3.14. The van der Waals surface area contributed by atoms with Gasteiger partial charge in [-0.05, 0) is 19.9 Å². The molecule has 0 saturated heterocycles. The molecule has 0 radical (unpaired) electrons. The Balaban J connectivity index is 4.66. The molecule has 0 heterocycles. The Labute approximate surface area is 71.7 Å². The molecule has 0 rings (SSSR count). The molecular weight excluding hydrogens is 156 g/mol. The monoisotopic (exact) mass is 168 g/mol. The number of hydrogen-bond acceptors (Lipinski definition) is 3. The molecule has 0 atom stereocenters. The number of methoxy groups -OCH3 is 1. The van der Waals surface area contributed by atoms with Crippen molar-refractivity contribution in [1.29, 1.82) is 0 Å². The van der Waals surface area contributed by atoms with E-state index in [-0.39, 0.29) is 11.4 Å². The van der Waals surface area contributed by atoms with E-state index in [1.165, 1.54) is 20.1 Å². The van der Waals surface area contributed by atoms with Crippen molar-refractivity contribution in [3.63, 3.8) is 0 Å². The Morgan fingerprint density at radius 3 is 2.25 bits per heavy atom. The third-order valence-electron chi connectivity index (χ3n) is 1.24. The van der Waals surface area contributed by atoms with Crippen LogP contribution in [0.25, 0.3) is 0 Å². The third-order valence-corrected chi connectivity index (χ3v) is 1.24. The molecular formula is C9H12O3. The van der Waals surface area contributed by atoms with Crippen LogP contribution in [0.3, 0.4) is 0 Å². The number of rotatable bonds is 3. The van der Waals surface area contributed by atoms with Gasteiger partial charge in [0.1, 0.15) is 5.57 Å². The lowest BCUT2D eigenvalue weighted by atomic mass is 10.2. The van der Waals surface area contributed by atoms with Crippen molar-refractivity contribution in [3.8, 4) is 0 Å². The van der Waals surface area contributed by atoms with Crippen molar-refractivity contribution in [2.45, 2.75) is 13.8 Å². The Bertz CT molecular complexity index is 236. The summed E-state index contributed by atoms with van der Waals surface area (Å²) >= 11 is 0. The fraction of sp³-hybridized carbons (Fsp3) is 0.333. The van der Waals surface area contributed by atoms with Gasteiger partial charge in [0.2, 0.25) is 0 Å². The second-order valence-electron chi connectivity index (χ2n) is 2.15. The zero-order chi connectivity index (χ0) is 9.56. The first-order valence-corrected chi connectivity index (χ1v) is 3.55. The van der Waals surface area contributed by atoms with Crippen LogP contribution in [0.1, 0.15) is 13.8 Å². The maximum absolute atomic E-state index is 10.9. The van der Waals surface area contributed by atoms with E-state index in [4.69, 9.17) is 0 Å². The molecule has 0 amide bonds. The van der Waals surface area contributed by atoms with Gasteiger partial charge in [-0.1, -0.05) is 12.2 Å². The van der Waals surface area contributed by atoms with E-state index >= 15 is 0 Å². The van der Waals surface area contributed by atoms with Gasteiger partial charge < -0.3 is 4.74 Å². The van der Waals surface area contributed by atoms with Crippen molar-refractivity contribution in [3.05, 3.63) is 23.8 Å². The summed E-state index contributed by atoms with van der Waals surface area (Å²) in [7, 11) is 1.24. The Kier molecular flexibility index (Phi) is 4.69. The summed E-state index contributed by atoms with van der Waals surface area (Å²) < 4.78 is 4.41. The van der Waals surface area contributed by atoms with Crippen LogP contribution < -0.4 is 0 Å². The first-order valence-electron chi connectivity index (χ1n) is 3.55. The van der Waals surface area contributed by atoms with Crippen LogP contribution in [-0.2, 0) is 14.3 Å². The SMILES string of the molecule is C/C=C/C=C(/C(C)=O)C(=O)OC. The van der Waals surface area contributed by atoms with Gasteiger partial charge in [-0.25, -0.2) is 4.79 Å². The Morgan fingerprint density at radius 2 is 1.92 bits per heavy atom. The summed E-state index contributed by atoms with van der Waals surface area (Å²) in [5, 5.41) is 0. The highest BCUT2D eigenvalue weighted by atomic mass is 16.5. The molecule has 0 saturated carbocycles. The summed E-state index contributed by atoms with van der Waals surface area (Å²) in [6.07, 6.45) is 4.79. The van der Waals surface area contributed by atoms with Gasteiger partial charge in [-0.15, -0.1) is 0 Å². The molecule has 0 aliphatic carbocycles. The van der Waals surface area contributed by atoms with Crippen molar-refractivity contribution < 1.29 is 14.3 Å². The molecule has 0 bridgehead atoms. The molecule has 0 N–H and O–H groups in total. The molecule has 3 nitrogen and oxygen atoms in total. The van der Waals surface area contributed by atoms with Gasteiger partial charge in [0, 0.05) is 0 Å².